The van der Waals surface area contributed by atoms with Gasteiger partial charge in [0.05, 0.1) is 0 Å². The van der Waals surface area contributed by atoms with E-state index in [1.807, 2.05) is 60.7 Å². The number of aromatic amines is 1. The fourth-order valence-electron chi connectivity index (χ4n) is 3.37. The van der Waals surface area contributed by atoms with Gasteiger partial charge in [-0.25, -0.2) is 9.50 Å². The molecule has 0 bridgehead atoms. The number of para-hydroxylation sites is 1. The van der Waals surface area contributed by atoms with Gasteiger partial charge in [-0.2, -0.15) is 0 Å². The Morgan fingerprint density at radius 3 is 2.25 bits per heavy atom. The highest BCUT2D eigenvalue weighted by atomic mass is 32.2. The number of nitrogens with zero attached hydrogens (tertiary/aromatic N) is 2. The molecule has 2 N–H and O–H groups in total. The standard InChI is InChI=1S/C25H18N4O2S/c30-24(28-18-7-3-1-4-8-18)22-15-26-23-21(16-27-29(23)25(22)31)17-11-13-20(14-12-17)32-19-9-5-2-6-10-19/h1-16,27H,(H,28,30). The zero-order valence-corrected chi connectivity index (χ0v) is 17.7. The predicted octanol–water partition coefficient (Wildman–Crippen LogP) is 5.09. The summed E-state index contributed by atoms with van der Waals surface area (Å²) in [5.41, 5.74) is 2.31. The van der Waals surface area contributed by atoms with Crippen LogP contribution in [0.5, 0.6) is 0 Å². The first-order valence-electron chi connectivity index (χ1n) is 9.98. The molecule has 0 radical (unpaired) electrons. The van der Waals surface area contributed by atoms with Gasteiger partial charge in [0.15, 0.2) is 5.65 Å². The molecule has 0 fully saturated rings. The van der Waals surface area contributed by atoms with Crippen molar-refractivity contribution in [2.45, 2.75) is 9.79 Å². The highest BCUT2D eigenvalue weighted by molar-refractivity contribution is 7.99. The van der Waals surface area contributed by atoms with E-state index in [4.69, 9.17) is 0 Å². The van der Waals surface area contributed by atoms with Gasteiger partial charge in [0.1, 0.15) is 5.56 Å². The fraction of sp³-hybridized carbons (Fsp3) is 0. The van der Waals surface area contributed by atoms with Crippen LogP contribution in [0.25, 0.3) is 16.8 Å². The number of hydrogen-bond donors (Lipinski definition) is 2. The fourth-order valence-corrected chi connectivity index (χ4v) is 4.21. The first-order valence-corrected chi connectivity index (χ1v) is 10.8. The monoisotopic (exact) mass is 438 g/mol. The van der Waals surface area contributed by atoms with E-state index >= 15 is 0 Å². The average molecular weight is 439 g/mol. The highest BCUT2D eigenvalue weighted by Gasteiger charge is 2.17. The Balaban J connectivity index is 1.42. The minimum atomic E-state index is -0.499. The second-order valence-electron chi connectivity index (χ2n) is 7.08. The number of aromatic nitrogens is 3. The predicted molar refractivity (Wildman–Crippen MR) is 126 cm³/mol. The number of carbonyl (C=O) groups is 1. The molecule has 0 aliphatic heterocycles. The first-order chi connectivity index (χ1) is 15.7. The van der Waals surface area contributed by atoms with Crippen LogP contribution < -0.4 is 10.9 Å². The summed E-state index contributed by atoms with van der Waals surface area (Å²) in [6.07, 6.45) is 3.05. The number of hydrogen-bond acceptors (Lipinski definition) is 4. The third-order valence-electron chi connectivity index (χ3n) is 4.96. The summed E-state index contributed by atoms with van der Waals surface area (Å²) in [6.45, 7) is 0. The van der Waals surface area contributed by atoms with E-state index in [1.165, 1.54) is 15.6 Å². The number of nitrogens with one attached hydrogen (secondary N) is 2. The molecule has 156 valence electrons. The second-order valence-corrected chi connectivity index (χ2v) is 8.23. The number of anilines is 1. The summed E-state index contributed by atoms with van der Waals surface area (Å²) < 4.78 is 1.29. The molecule has 0 atom stereocenters. The van der Waals surface area contributed by atoms with Gasteiger partial charge >= 0.3 is 0 Å². The zero-order chi connectivity index (χ0) is 21.9. The van der Waals surface area contributed by atoms with Crippen molar-refractivity contribution < 1.29 is 4.79 Å². The molecule has 0 spiro atoms. The van der Waals surface area contributed by atoms with Crippen molar-refractivity contribution in [1.29, 1.82) is 0 Å². The van der Waals surface area contributed by atoms with Crippen LogP contribution in [-0.4, -0.2) is 20.5 Å². The van der Waals surface area contributed by atoms with Gasteiger partial charge in [-0.15, -0.1) is 0 Å². The topological polar surface area (TPSA) is 79.3 Å². The molecule has 6 nitrogen and oxygen atoms in total. The van der Waals surface area contributed by atoms with E-state index in [0.717, 1.165) is 16.0 Å². The molecule has 0 aliphatic rings. The van der Waals surface area contributed by atoms with E-state index in [9.17, 15) is 9.59 Å². The van der Waals surface area contributed by atoms with Crippen LogP contribution in [0.2, 0.25) is 0 Å². The van der Waals surface area contributed by atoms with Crippen molar-refractivity contribution >= 4 is 29.0 Å². The lowest BCUT2D eigenvalue weighted by molar-refractivity contribution is 0.102. The third kappa shape index (κ3) is 3.93. The van der Waals surface area contributed by atoms with E-state index in [1.54, 1.807) is 30.1 Å². The zero-order valence-electron chi connectivity index (χ0n) is 16.9. The number of carbonyl (C=O) groups excluding carboxylic acids is 1. The maximum absolute atomic E-state index is 12.9. The second kappa shape index (κ2) is 8.56. The maximum Gasteiger partial charge on any atom is 0.285 e. The molecule has 7 heteroatoms. The number of fused-ring (bicyclic) bond motifs is 1. The molecule has 3 aromatic carbocycles. The quantitative estimate of drug-likeness (QED) is 0.400. The number of benzene rings is 3. The molecule has 0 aliphatic carbocycles. The molecule has 2 aromatic heterocycles. The van der Waals surface area contributed by atoms with Crippen molar-refractivity contribution in [3.05, 3.63) is 113 Å². The number of rotatable bonds is 5. The van der Waals surface area contributed by atoms with Crippen LogP contribution in [0.3, 0.4) is 0 Å². The molecule has 2 heterocycles. The van der Waals surface area contributed by atoms with Crippen LogP contribution in [0.4, 0.5) is 5.69 Å². The Morgan fingerprint density at radius 1 is 0.875 bits per heavy atom. The van der Waals surface area contributed by atoms with Gasteiger partial charge in [-0.3, -0.25) is 14.7 Å². The van der Waals surface area contributed by atoms with Crippen molar-refractivity contribution in [3.63, 3.8) is 0 Å². The largest absolute Gasteiger partial charge is 0.322 e. The molecule has 32 heavy (non-hydrogen) atoms. The van der Waals surface area contributed by atoms with Crippen molar-refractivity contribution in [3.8, 4) is 11.1 Å². The lowest BCUT2D eigenvalue weighted by Gasteiger charge is -2.05. The van der Waals surface area contributed by atoms with E-state index in [-0.39, 0.29) is 5.56 Å². The van der Waals surface area contributed by atoms with Crippen LogP contribution >= 0.6 is 11.8 Å². The Labute approximate surface area is 187 Å². The Hall–Kier alpha value is -4.10. The third-order valence-corrected chi connectivity index (χ3v) is 5.98. The minimum absolute atomic E-state index is 0.0330. The summed E-state index contributed by atoms with van der Waals surface area (Å²) >= 11 is 1.68. The van der Waals surface area contributed by atoms with E-state index in [2.05, 4.69) is 27.5 Å². The summed E-state index contributed by atoms with van der Waals surface area (Å²) in [5.74, 6) is -0.499. The van der Waals surface area contributed by atoms with Crippen molar-refractivity contribution in [2.75, 3.05) is 5.32 Å². The van der Waals surface area contributed by atoms with Gasteiger partial charge in [-0.1, -0.05) is 60.3 Å². The molecular weight excluding hydrogens is 420 g/mol. The molecule has 5 rings (SSSR count). The minimum Gasteiger partial charge on any atom is -0.322 e. The van der Waals surface area contributed by atoms with Crippen molar-refractivity contribution in [2.24, 2.45) is 0 Å². The molecule has 0 saturated heterocycles. The Bertz CT molecular complexity index is 1440. The SMILES string of the molecule is O=C(Nc1ccccc1)c1cnc2c(-c3ccc(Sc4ccccc4)cc3)c[nH]n2c1=O. The smallest absolute Gasteiger partial charge is 0.285 e. The van der Waals surface area contributed by atoms with Gasteiger partial charge < -0.3 is 5.32 Å². The molecule has 1 amide bonds. The van der Waals surface area contributed by atoms with Crippen LogP contribution in [0, 0.1) is 0 Å². The lowest BCUT2D eigenvalue weighted by atomic mass is 10.1. The molecule has 5 aromatic rings. The van der Waals surface area contributed by atoms with E-state index in [0.29, 0.717) is 11.3 Å². The highest BCUT2D eigenvalue weighted by Crippen LogP contribution is 2.30. The average Bonchev–Trinajstić information content (AvgIpc) is 3.26. The van der Waals surface area contributed by atoms with Crippen LogP contribution in [0.1, 0.15) is 10.4 Å². The number of amides is 1. The summed E-state index contributed by atoms with van der Waals surface area (Å²) in [4.78, 5) is 32.1. The maximum atomic E-state index is 12.9. The van der Waals surface area contributed by atoms with Crippen LogP contribution in [-0.2, 0) is 0 Å². The van der Waals surface area contributed by atoms with Gasteiger partial charge in [-0.05, 0) is 42.0 Å². The van der Waals surface area contributed by atoms with Gasteiger partial charge in [0, 0.05) is 33.4 Å². The summed E-state index contributed by atoms with van der Waals surface area (Å²) in [5, 5.41) is 5.64. The van der Waals surface area contributed by atoms with E-state index < -0.39 is 11.5 Å². The van der Waals surface area contributed by atoms with Crippen molar-refractivity contribution in [1.82, 2.24) is 14.6 Å². The van der Waals surface area contributed by atoms with Gasteiger partial charge in [0.25, 0.3) is 11.5 Å². The van der Waals surface area contributed by atoms with Gasteiger partial charge in [0.2, 0.25) is 0 Å². The summed E-state index contributed by atoms with van der Waals surface area (Å²) in [7, 11) is 0. The summed E-state index contributed by atoms with van der Waals surface area (Å²) in [6, 6.07) is 27.2. The Morgan fingerprint density at radius 2 is 1.53 bits per heavy atom. The molecule has 0 unspecified atom stereocenters. The lowest BCUT2D eigenvalue weighted by Crippen LogP contribution is -2.26. The normalized spacial score (nSPS) is 10.9. The van der Waals surface area contributed by atoms with Crippen LogP contribution in [0.15, 0.2) is 112 Å². The molecular formula is C25H18N4O2S. The Kier molecular flexibility index (Phi) is 5.31. The molecule has 0 saturated carbocycles. The first kappa shape index (κ1) is 19.8. The number of H-pyrrole nitrogens is 1.